The third kappa shape index (κ3) is 3.48. The predicted molar refractivity (Wildman–Crippen MR) is 78.2 cm³/mol. The van der Waals surface area contributed by atoms with Crippen LogP contribution in [0.3, 0.4) is 0 Å². The van der Waals surface area contributed by atoms with Gasteiger partial charge in [0.05, 0.1) is 0 Å². The fourth-order valence-corrected chi connectivity index (χ4v) is 4.36. The molecular weight excluding hydrogens is 220 g/mol. The Labute approximate surface area is 113 Å². The molecule has 0 aromatic carbocycles. The second-order valence-electron chi connectivity index (χ2n) is 7.08. The first-order valence-corrected chi connectivity index (χ1v) is 8.11. The number of hydrogen-bond donors (Lipinski definition) is 2. The summed E-state index contributed by atoms with van der Waals surface area (Å²) in [7, 11) is 0. The Bertz CT molecular complexity index is 245. The summed E-state index contributed by atoms with van der Waals surface area (Å²) in [5.74, 6) is 3.38. The minimum atomic E-state index is 0.450. The molecule has 2 aliphatic carbocycles. The Morgan fingerprint density at radius 3 is 2.22 bits per heavy atom. The van der Waals surface area contributed by atoms with Crippen molar-refractivity contribution in [3.8, 4) is 0 Å². The van der Waals surface area contributed by atoms with Gasteiger partial charge in [0.2, 0.25) is 0 Å². The Morgan fingerprint density at radius 1 is 0.944 bits per heavy atom. The van der Waals surface area contributed by atoms with Crippen molar-refractivity contribution in [1.29, 1.82) is 0 Å². The van der Waals surface area contributed by atoms with Crippen LogP contribution >= 0.6 is 0 Å². The zero-order valence-corrected chi connectivity index (χ0v) is 12.3. The third-order valence-electron chi connectivity index (χ3n) is 5.63. The quantitative estimate of drug-likeness (QED) is 0.810. The normalized spacial score (nSPS) is 46.0. The zero-order chi connectivity index (χ0) is 13.1. The van der Waals surface area contributed by atoms with Gasteiger partial charge in [0.1, 0.15) is 0 Å². The lowest BCUT2D eigenvalue weighted by Crippen LogP contribution is -2.42. The smallest absolute Gasteiger partial charge is 0.00931 e. The van der Waals surface area contributed by atoms with E-state index in [4.69, 9.17) is 11.5 Å². The van der Waals surface area contributed by atoms with E-state index in [0.29, 0.717) is 12.1 Å². The van der Waals surface area contributed by atoms with Crippen LogP contribution in [0.2, 0.25) is 0 Å². The van der Waals surface area contributed by atoms with Gasteiger partial charge in [-0.25, -0.2) is 0 Å². The molecule has 2 fully saturated rings. The highest BCUT2D eigenvalue weighted by molar-refractivity contribution is 4.88. The largest absolute Gasteiger partial charge is 0.328 e. The van der Waals surface area contributed by atoms with E-state index < -0.39 is 0 Å². The van der Waals surface area contributed by atoms with Crippen LogP contribution in [0.5, 0.6) is 0 Å². The van der Waals surface area contributed by atoms with Crippen molar-refractivity contribution in [1.82, 2.24) is 0 Å². The topological polar surface area (TPSA) is 52.0 Å². The fraction of sp³-hybridized carbons (Fsp3) is 1.00. The lowest BCUT2D eigenvalue weighted by molar-refractivity contribution is 0.136. The third-order valence-corrected chi connectivity index (χ3v) is 5.63. The van der Waals surface area contributed by atoms with Crippen LogP contribution in [0, 0.1) is 23.7 Å². The summed E-state index contributed by atoms with van der Waals surface area (Å²) in [6.45, 7) is 4.66. The lowest BCUT2D eigenvalue weighted by atomic mass is 9.68. The minimum absolute atomic E-state index is 0.450. The lowest BCUT2D eigenvalue weighted by Gasteiger charge is -2.40. The summed E-state index contributed by atoms with van der Waals surface area (Å²) in [4.78, 5) is 0. The van der Waals surface area contributed by atoms with Gasteiger partial charge >= 0.3 is 0 Å². The summed E-state index contributed by atoms with van der Waals surface area (Å²) in [6.07, 6.45) is 10.7. The molecule has 0 bridgehead atoms. The molecule has 2 saturated carbocycles. The molecule has 0 aromatic rings. The van der Waals surface area contributed by atoms with Gasteiger partial charge in [-0.15, -0.1) is 0 Å². The maximum Gasteiger partial charge on any atom is 0.00931 e. The molecule has 0 aromatic heterocycles. The highest BCUT2D eigenvalue weighted by atomic mass is 14.7. The number of rotatable bonds is 3. The average molecular weight is 252 g/mol. The van der Waals surface area contributed by atoms with Crippen molar-refractivity contribution < 1.29 is 0 Å². The first-order valence-electron chi connectivity index (χ1n) is 8.11. The van der Waals surface area contributed by atoms with Crippen molar-refractivity contribution in [2.45, 2.75) is 77.3 Å². The van der Waals surface area contributed by atoms with Crippen molar-refractivity contribution in [3.63, 3.8) is 0 Å². The molecule has 0 heterocycles. The molecule has 2 heteroatoms. The van der Waals surface area contributed by atoms with E-state index in [1.165, 1.54) is 51.4 Å². The van der Waals surface area contributed by atoms with Crippen LogP contribution in [0.25, 0.3) is 0 Å². The van der Waals surface area contributed by atoms with Crippen LogP contribution in [-0.2, 0) is 0 Å². The predicted octanol–water partition coefficient (Wildman–Crippen LogP) is 3.29. The second-order valence-corrected chi connectivity index (χ2v) is 7.08. The molecule has 2 nitrogen and oxygen atoms in total. The Morgan fingerprint density at radius 2 is 1.61 bits per heavy atom. The highest BCUT2D eigenvalue weighted by Crippen LogP contribution is 2.39. The fourth-order valence-electron chi connectivity index (χ4n) is 4.36. The molecule has 18 heavy (non-hydrogen) atoms. The maximum atomic E-state index is 6.33. The van der Waals surface area contributed by atoms with Crippen LogP contribution in [0.4, 0.5) is 0 Å². The standard InChI is InChI=1S/C16H32N2/c1-3-14-10-13(8-11(2)16(14)18)9-12-4-6-15(17)7-5-12/h11-16H,3-10,17-18H2,1-2H3. The SMILES string of the molecule is CCC1CC(CC2CCC(N)CC2)CC(C)C1N. The van der Waals surface area contributed by atoms with Gasteiger partial charge in [-0.3, -0.25) is 0 Å². The summed E-state index contributed by atoms with van der Waals surface area (Å²) >= 11 is 0. The summed E-state index contributed by atoms with van der Waals surface area (Å²) in [6, 6.07) is 0.939. The highest BCUT2D eigenvalue weighted by Gasteiger charge is 2.33. The van der Waals surface area contributed by atoms with Crippen LogP contribution in [0.15, 0.2) is 0 Å². The van der Waals surface area contributed by atoms with E-state index in [1.807, 2.05) is 0 Å². The van der Waals surface area contributed by atoms with E-state index >= 15 is 0 Å². The molecule has 106 valence electrons. The zero-order valence-electron chi connectivity index (χ0n) is 12.3. The molecule has 0 radical (unpaired) electrons. The van der Waals surface area contributed by atoms with E-state index in [9.17, 15) is 0 Å². The molecular formula is C16H32N2. The van der Waals surface area contributed by atoms with E-state index in [2.05, 4.69) is 13.8 Å². The summed E-state index contributed by atoms with van der Waals surface area (Å²) < 4.78 is 0. The number of nitrogens with two attached hydrogens (primary N) is 2. The summed E-state index contributed by atoms with van der Waals surface area (Å²) in [5.41, 5.74) is 12.3. The monoisotopic (exact) mass is 252 g/mol. The summed E-state index contributed by atoms with van der Waals surface area (Å²) in [5, 5.41) is 0. The molecule has 0 aliphatic heterocycles. The van der Waals surface area contributed by atoms with Gasteiger partial charge in [0.25, 0.3) is 0 Å². The molecule has 4 unspecified atom stereocenters. The van der Waals surface area contributed by atoms with Gasteiger partial charge in [0, 0.05) is 12.1 Å². The van der Waals surface area contributed by atoms with Crippen LogP contribution in [-0.4, -0.2) is 12.1 Å². The van der Waals surface area contributed by atoms with E-state index in [0.717, 1.165) is 23.7 Å². The average Bonchev–Trinajstić information content (AvgIpc) is 2.36. The Hall–Kier alpha value is -0.0800. The van der Waals surface area contributed by atoms with Crippen molar-refractivity contribution >= 4 is 0 Å². The first kappa shape index (κ1) is 14.3. The van der Waals surface area contributed by atoms with Gasteiger partial charge in [-0.05, 0) is 68.6 Å². The molecule has 0 amide bonds. The minimum Gasteiger partial charge on any atom is -0.328 e. The van der Waals surface area contributed by atoms with Crippen LogP contribution in [0.1, 0.15) is 65.2 Å². The molecule has 4 atom stereocenters. The van der Waals surface area contributed by atoms with E-state index in [1.54, 1.807) is 0 Å². The van der Waals surface area contributed by atoms with Crippen molar-refractivity contribution in [3.05, 3.63) is 0 Å². The maximum absolute atomic E-state index is 6.33. The van der Waals surface area contributed by atoms with Crippen molar-refractivity contribution in [2.75, 3.05) is 0 Å². The Kier molecular flexibility index (Phi) is 5.08. The molecule has 0 spiro atoms. The Balaban J connectivity index is 1.82. The van der Waals surface area contributed by atoms with Gasteiger partial charge in [-0.2, -0.15) is 0 Å². The van der Waals surface area contributed by atoms with Crippen molar-refractivity contribution in [2.24, 2.45) is 35.1 Å². The number of hydrogen-bond acceptors (Lipinski definition) is 2. The first-order chi connectivity index (χ1) is 8.60. The van der Waals surface area contributed by atoms with Gasteiger partial charge in [0.15, 0.2) is 0 Å². The second kappa shape index (κ2) is 6.38. The van der Waals surface area contributed by atoms with E-state index in [-0.39, 0.29) is 0 Å². The molecule has 2 aliphatic rings. The van der Waals surface area contributed by atoms with Gasteiger partial charge < -0.3 is 11.5 Å². The van der Waals surface area contributed by atoms with Gasteiger partial charge in [-0.1, -0.05) is 20.3 Å². The molecule has 2 rings (SSSR count). The molecule has 0 saturated heterocycles. The van der Waals surface area contributed by atoms with Crippen LogP contribution < -0.4 is 11.5 Å². The molecule has 4 N–H and O–H groups in total.